The lowest BCUT2D eigenvalue weighted by Crippen LogP contribution is -2.15. The third kappa shape index (κ3) is 3.54. The van der Waals surface area contributed by atoms with Crippen LogP contribution in [0.4, 0.5) is 11.4 Å². The molecule has 122 valence electrons. The van der Waals surface area contributed by atoms with E-state index in [0.29, 0.717) is 10.6 Å². The largest absolute Gasteiger partial charge is 0.495 e. The Morgan fingerprint density at radius 3 is 2.57 bits per heavy atom. The number of nitrogens with one attached hydrogen (secondary N) is 1. The maximum atomic E-state index is 12.6. The Hall–Kier alpha value is -2.32. The molecule has 0 fully saturated rings. The molecule has 0 atom stereocenters. The predicted molar refractivity (Wildman–Crippen MR) is 86.6 cm³/mol. The molecule has 0 saturated carbocycles. The number of ether oxygens (including phenoxy) is 1. The van der Waals surface area contributed by atoms with Gasteiger partial charge in [-0.2, -0.15) is 0 Å². The van der Waals surface area contributed by atoms with Crippen LogP contribution in [0.1, 0.15) is 5.56 Å². The summed E-state index contributed by atoms with van der Waals surface area (Å²) in [5.74, 6) is 0.00258. The van der Waals surface area contributed by atoms with Gasteiger partial charge < -0.3 is 4.74 Å². The summed E-state index contributed by atoms with van der Waals surface area (Å²) in [6.45, 7) is 1.66. The molecule has 0 aliphatic rings. The standard InChI is InChI=1S/C14H13ClN2O5S/c1-9-11(15)4-3-5-12(9)16-23(20,21)14-8-10(17(18)19)6-7-13(14)22-2/h3-8,16H,1-2H3. The molecule has 2 aromatic rings. The van der Waals surface area contributed by atoms with E-state index in [1.165, 1.54) is 19.2 Å². The summed E-state index contributed by atoms with van der Waals surface area (Å²) >= 11 is 5.97. The van der Waals surface area contributed by atoms with Crippen LogP contribution in [0.5, 0.6) is 5.75 Å². The third-order valence-electron chi connectivity index (χ3n) is 3.16. The van der Waals surface area contributed by atoms with Gasteiger partial charge in [0.2, 0.25) is 0 Å². The highest BCUT2D eigenvalue weighted by Crippen LogP contribution is 2.31. The summed E-state index contributed by atoms with van der Waals surface area (Å²) in [7, 11) is -2.81. The number of halogens is 1. The normalized spacial score (nSPS) is 11.1. The number of methoxy groups -OCH3 is 1. The molecule has 1 N–H and O–H groups in total. The van der Waals surface area contributed by atoms with Gasteiger partial charge in [-0.15, -0.1) is 0 Å². The highest BCUT2D eigenvalue weighted by Gasteiger charge is 2.24. The number of sulfonamides is 1. The molecule has 23 heavy (non-hydrogen) atoms. The first-order valence-electron chi connectivity index (χ1n) is 6.36. The summed E-state index contributed by atoms with van der Waals surface area (Å²) in [4.78, 5) is 9.87. The van der Waals surface area contributed by atoms with E-state index in [4.69, 9.17) is 16.3 Å². The lowest BCUT2D eigenvalue weighted by atomic mass is 10.2. The molecule has 0 aliphatic carbocycles. The highest BCUT2D eigenvalue weighted by atomic mass is 35.5. The second-order valence-corrected chi connectivity index (χ2v) is 6.67. The Morgan fingerprint density at radius 2 is 1.96 bits per heavy atom. The first kappa shape index (κ1) is 17.0. The first-order valence-corrected chi connectivity index (χ1v) is 8.22. The zero-order valence-corrected chi connectivity index (χ0v) is 13.8. The Bertz CT molecular complexity index is 867. The van der Waals surface area contributed by atoms with Crippen molar-refractivity contribution in [3.8, 4) is 5.75 Å². The fourth-order valence-corrected chi connectivity index (χ4v) is 3.39. The Morgan fingerprint density at radius 1 is 1.26 bits per heavy atom. The van der Waals surface area contributed by atoms with Crippen LogP contribution in [0.15, 0.2) is 41.3 Å². The number of non-ortho nitro benzene ring substituents is 1. The molecule has 0 bridgehead atoms. The molecule has 7 nitrogen and oxygen atoms in total. The van der Waals surface area contributed by atoms with Gasteiger partial charge in [-0.25, -0.2) is 8.42 Å². The number of nitrogens with zero attached hydrogens (tertiary/aromatic N) is 1. The maximum Gasteiger partial charge on any atom is 0.271 e. The molecular weight excluding hydrogens is 344 g/mol. The second kappa shape index (κ2) is 6.43. The molecule has 0 spiro atoms. The fraction of sp³-hybridized carbons (Fsp3) is 0.143. The molecule has 2 rings (SSSR count). The van der Waals surface area contributed by atoms with Crippen molar-refractivity contribution in [2.45, 2.75) is 11.8 Å². The highest BCUT2D eigenvalue weighted by molar-refractivity contribution is 7.92. The van der Waals surface area contributed by atoms with E-state index in [1.807, 2.05) is 0 Å². The van der Waals surface area contributed by atoms with Gasteiger partial charge in [0.25, 0.3) is 15.7 Å². The lowest BCUT2D eigenvalue weighted by Gasteiger charge is -2.13. The van der Waals surface area contributed by atoms with Crippen molar-refractivity contribution in [2.75, 3.05) is 11.8 Å². The van der Waals surface area contributed by atoms with E-state index in [0.717, 1.165) is 6.07 Å². The minimum absolute atomic E-state index is 0.00258. The van der Waals surface area contributed by atoms with Gasteiger partial charge in [0.1, 0.15) is 10.6 Å². The van der Waals surface area contributed by atoms with E-state index < -0.39 is 14.9 Å². The van der Waals surface area contributed by atoms with Crippen LogP contribution < -0.4 is 9.46 Å². The van der Waals surface area contributed by atoms with E-state index in [9.17, 15) is 18.5 Å². The van der Waals surface area contributed by atoms with Gasteiger partial charge in [-0.05, 0) is 30.7 Å². The third-order valence-corrected chi connectivity index (χ3v) is 4.96. The Kier molecular flexibility index (Phi) is 4.76. The van der Waals surface area contributed by atoms with Crippen LogP contribution in [-0.4, -0.2) is 20.5 Å². The smallest absolute Gasteiger partial charge is 0.271 e. The topological polar surface area (TPSA) is 98.5 Å². The van der Waals surface area contributed by atoms with Crippen molar-refractivity contribution in [2.24, 2.45) is 0 Å². The second-order valence-electron chi connectivity index (χ2n) is 4.61. The summed E-state index contributed by atoms with van der Waals surface area (Å²) < 4.78 is 32.5. The molecule has 0 saturated heterocycles. The van der Waals surface area contributed by atoms with Gasteiger partial charge >= 0.3 is 0 Å². The molecule has 0 amide bonds. The number of nitro groups is 1. The molecule has 2 aromatic carbocycles. The zero-order valence-electron chi connectivity index (χ0n) is 12.2. The van der Waals surface area contributed by atoms with Crippen LogP contribution in [-0.2, 0) is 10.0 Å². The quantitative estimate of drug-likeness (QED) is 0.654. The number of hydrogen-bond donors (Lipinski definition) is 1. The number of rotatable bonds is 5. The van der Waals surface area contributed by atoms with Gasteiger partial charge in [0.05, 0.1) is 17.7 Å². The first-order chi connectivity index (χ1) is 10.8. The molecule has 9 heteroatoms. The van der Waals surface area contributed by atoms with E-state index in [-0.39, 0.29) is 22.0 Å². The number of hydrogen-bond acceptors (Lipinski definition) is 5. The average molecular weight is 357 g/mol. The van der Waals surface area contributed by atoms with E-state index in [2.05, 4.69) is 4.72 Å². The molecule has 0 heterocycles. The van der Waals surface area contributed by atoms with Crippen LogP contribution in [0.2, 0.25) is 5.02 Å². The zero-order chi connectivity index (χ0) is 17.2. The van der Waals surface area contributed by atoms with Gasteiger partial charge in [-0.1, -0.05) is 17.7 Å². The van der Waals surface area contributed by atoms with E-state index >= 15 is 0 Å². The predicted octanol–water partition coefficient (Wildman–Crippen LogP) is 3.37. The van der Waals surface area contributed by atoms with Crippen LogP contribution in [0.3, 0.4) is 0 Å². The van der Waals surface area contributed by atoms with Crippen molar-refractivity contribution in [3.63, 3.8) is 0 Å². The summed E-state index contributed by atoms with van der Waals surface area (Å²) in [5.41, 5.74) is 0.474. The maximum absolute atomic E-state index is 12.6. The average Bonchev–Trinajstić information content (AvgIpc) is 2.51. The Labute approximate surface area is 138 Å². The molecule has 0 unspecified atom stereocenters. The molecule has 0 radical (unpaired) electrons. The summed E-state index contributed by atoms with van der Waals surface area (Å²) in [6, 6.07) is 8.12. The van der Waals surface area contributed by atoms with Crippen molar-refractivity contribution in [3.05, 3.63) is 57.1 Å². The Balaban J connectivity index is 2.53. The number of nitro benzene ring substituents is 1. The van der Waals surface area contributed by atoms with Crippen LogP contribution in [0, 0.1) is 17.0 Å². The molecular formula is C14H13ClN2O5S. The SMILES string of the molecule is COc1ccc([N+](=O)[O-])cc1S(=O)(=O)Nc1cccc(Cl)c1C. The van der Waals surface area contributed by atoms with Gasteiger partial charge in [0.15, 0.2) is 0 Å². The van der Waals surface area contributed by atoms with Gasteiger partial charge in [0, 0.05) is 17.2 Å². The van der Waals surface area contributed by atoms with Crippen molar-refractivity contribution < 1.29 is 18.1 Å². The number of benzene rings is 2. The monoisotopic (exact) mass is 356 g/mol. The summed E-state index contributed by atoms with van der Waals surface area (Å²) in [6.07, 6.45) is 0. The summed E-state index contributed by atoms with van der Waals surface area (Å²) in [5, 5.41) is 11.3. The number of anilines is 1. The van der Waals surface area contributed by atoms with Gasteiger partial charge in [-0.3, -0.25) is 14.8 Å². The lowest BCUT2D eigenvalue weighted by molar-refractivity contribution is -0.385. The fourth-order valence-electron chi connectivity index (χ4n) is 1.91. The molecule has 0 aromatic heterocycles. The minimum atomic E-state index is -4.09. The van der Waals surface area contributed by atoms with Crippen molar-refractivity contribution in [1.82, 2.24) is 0 Å². The minimum Gasteiger partial charge on any atom is -0.495 e. The van der Waals surface area contributed by atoms with Crippen LogP contribution >= 0.6 is 11.6 Å². The molecule has 0 aliphatic heterocycles. The van der Waals surface area contributed by atoms with Crippen molar-refractivity contribution >= 4 is 33.0 Å². The van der Waals surface area contributed by atoms with E-state index in [1.54, 1.807) is 25.1 Å². The van der Waals surface area contributed by atoms with Crippen LogP contribution in [0.25, 0.3) is 0 Å². The van der Waals surface area contributed by atoms with Crippen molar-refractivity contribution in [1.29, 1.82) is 0 Å².